The van der Waals surface area contributed by atoms with E-state index in [2.05, 4.69) is 4.98 Å². The van der Waals surface area contributed by atoms with Gasteiger partial charge in [0.05, 0.1) is 11.2 Å². The highest BCUT2D eigenvalue weighted by atomic mass is 35.5. The van der Waals surface area contributed by atoms with Crippen LogP contribution in [-0.4, -0.2) is 9.55 Å². The van der Waals surface area contributed by atoms with Gasteiger partial charge in [0.2, 0.25) is 0 Å². The number of nitrogen functional groups attached to an aromatic ring is 1. The molecule has 3 nitrogen and oxygen atoms in total. The third-order valence-corrected chi connectivity index (χ3v) is 3.30. The summed E-state index contributed by atoms with van der Waals surface area (Å²) in [6.45, 7) is 0. The molecule has 0 radical (unpaired) electrons. The Balaban J connectivity index is 2.27. The van der Waals surface area contributed by atoms with E-state index in [1.165, 1.54) is 0 Å². The second kappa shape index (κ2) is 4.03. The van der Waals surface area contributed by atoms with E-state index in [-0.39, 0.29) is 0 Å². The van der Waals surface area contributed by atoms with Crippen molar-refractivity contribution in [3.63, 3.8) is 0 Å². The molecule has 1 heterocycles. The Labute approximate surface area is 110 Å². The van der Waals surface area contributed by atoms with Crippen molar-refractivity contribution in [1.29, 1.82) is 0 Å². The lowest BCUT2D eigenvalue weighted by molar-refractivity contribution is 0.959. The van der Waals surface area contributed by atoms with Crippen molar-refractivity contribution in [2.45, 2.75) is 0 Å². The van der Waals surface area contributed by atoms with Crippen LogP contribution in [0.1, 0.15) is 0 Å². The molecule has 0 unspecified atom stereocenters. The monoisotopic (exact) mass is 257 g/mol. The molecular weight excluding hydrogens is 246 g/mol. The molecule has 4 heteroatoms. The normalized spacial score (nSPS) is 11.0. The number of para-hydroxylation sites is 1. The number of aryl methyl sites for hydroxylation is 1. The molecule has 0 saturated heterocycles. The highest BCUT2D eigenvalue weighted by Crippen LogP contribution is 2.27. The first-order valence-corrected chi connectivity index (χ1v) is 6.01. The van der Waals surface area contributed by atoms with Crippen LogP contribution in [0.15, 0.2) is 42.5 Å². The van der Waals surface area contributed by atoms with Crippen LogP contribution >= 0.6 is 11.6 Å². The van der Waals surface area contributed by atoms with Gasteiger partial charge in [-0.3, -0.25) is 0 Å². The second-order valence-corrected chi connectivity index (χ2v) is 4.65. The number of hydrogen-bond acceptors (Lipinski definition) is 2. The van der Waals surface area contributed by atoms with Gasteiger partial charge in [-0.25, -0.2) is 4.98 Å². The fourth-order valence-electron chi connectivity index (χ4n) is 2.09. The summed E-state index contributed by atoms with van der Waals surface area (Å²) < 4.78 is 2.04. The van der Waals surface area contributed by atoms with Crippen molar-refractivity contribution in [3.8, 4) is 11.4 Å². The van der Waals surface area contributed by atoms with Crippen LogP contribution in [0.3, 0.4) is 0 Å². The summed E-state index contributed by atoms with van der Waals surface area (Å²) in [5, 5.41) is 0.719. The van der Waals surface area contributed by atoms with Crippen LogP contribution in [0, 0.1) is 0 Å². The third-order valence-electron chi connectivity index (χ3n) is 3.05. The minimum absolute atomic E-state index is 0.698. The number of imidazole rings is 1. The summed E-state index contributed by atoms with van der Waals surface area (Å²) in [4.78, 5) is 4.61. The third kappa shape index (κ3) is 1.64. The van der Waals surface area contributed by atoms with Crippen LogP contribution in [0.4, 0.5) is 5.69 Å². The summed E-state index contributed by atoms with van der Waals surface area (Å²) >= 11 is 5.90. The van der Waals surface area contributed by atoms with Crippen LogP contribution in [0.25, 0.3) is 22.4 Å². The highest BCUT2D eigenvalue weighted by Gasteiger charge is 2.11. The van der Waals surface area contributed by atoms with Gasteiger partial charge in [0.1, 0.15) is 11.3 Å². The number of hydrogen-bond donors (Lipinski definition) is 1. The number of anilines is 1. The number of halogens is 1. The molecule has 2 N–H and O–H groups in total. The number of aromatic nitrogens is 2. The fraction of sp³-hybridized carbons (Fsp3) is 0.0714. The molecule has 18 heavy (non-hydrogen) atoms. The maximum Gasteiger partial charge on any atom is 0.140 e. The first-order valence-electron chi connectivity index (χ1n) is 5.63. The Morgan fingerprint density at radius 2 is 1.83 bits per heavy atom. The van der Waals surface area contributed by atoms with E-state index in [4.69, 9.17) is 17.3 Å². The maximum atomic E-state index is 5.94. The van der Waals surface area contributed by atoms with Crippen LogP contribution in [0.2, 0.25) is 5.02 Å². The van der Waals surface area contributed by atoms with E-state index in [0.717, 1.165) is 27.4 Å². The van der Waals surface area contributed by atoms with Gasteiger partial charge in [-0.15, -0.1) is 0 Å². The van der Waals surface area contributed by atoms with Crippen molar-refractivity contribution < 1.29 is 0 Å². The molecule has 0 aliphatic carbocycles. The number of fused-ring (bicyclic) bond motifs is 1. The first kappa shape index (κ1) is 11.1. The Morgan fingerprint density at radius 3 is 2.50 bits per heavy atom. The standard InChI is InChI=1S/C14H12ClN3/c1-18-12-4-2-3-11(16)13(12)17-14(18)9-5-7-10(15)8-6-9/h2-8H,16H2,1H3. The lowest BCUT2D eigenvalue weighted by Crippen LogP contribution is -1.92. The zero-order valence-corrected chi connectivity index (χ0v) is 10.6. The molecular formula is C14H12ClN3. The average molecular weight is 258 g/mol. The van der Waals surface area contributed by atoms with Crippen molar-refractivity contribution >= 4 is 28.3 Å². The van der Waals surface area contributed by atoms with E-state index >= 15 is 0 Å². The zero-order valence-electron chi connectivity index (χ0n) is 9.89. The van der Waals surface area contributed by atoms with Crippen molar-refractivity contribution in [2.24, 2.45) is 7.05 Å². The molecule has 0 spiro atoms. The zero-order chi connectivity index (χ0) is 12.7. The van der Waals surface area contributed by atoms with Gasteiger partial charge in [0.25, 0.3) is 0 Å². The molecule has 1 aromatic heterocycles. The first-order chi connectivity index (χ1) is 8.66. The Kier molecular flexibility index (Phi) is 2.49. The predicted molar refractivity (Wildman–Crippen MR) is 75.6 cm³/mol. The van der Waals surface area contributed by atoms with Crippen molar-refractivity contribution in [1.82, 2.24) is 9.55 Å². The van der Waals surface area contributed by atoms with Gasteiger partial charge in [0.15, 0.2) is 0 Å². The van der Waals surface area contributed by atoms with E-state index in [9.17, 15) is 0 Å². The van der Waals surface area contributed by atoms with Gasteiger partial charge in [-0.2, -0.15) is 0 Å². The Morgan fingerprint density at radius 1 is 1.11 bits per heavy atom. The number of benzene rings is 2. The second-order valence-electron chi connectivity index (χ2n) is 4.22. The highest BCUT2D eigenvalue weighted by molar-refractivity contribution is 6.30. The van der Waals surface area contributed by atoms with Gasteiger partial charge >= 0.3 is 0 Å². The van der Waals surface area contributed by atoms with Crippen molar-refractivity contribution in [2.75, 3.05) is 5.73 Å². The van der Waals surface area contributed by atoms with E-state index < -0.39 is 0 Å². The molecule has 0 bridgehead atoms. The molecule has 90 valence electrons. The molecule has 0 saturated carbocycles. The van der Waals surface area contributed by atoms with Crippen LogP contribution in [-0.2, 0) is 7.05 Å². The largest absolute Gasteiger partial charge is 0.397 e. The molecule has 0 fully saturated rings. The lowest BCUT2D eigenvalue weighted by atomic mass is 10.2. The van der Waals surface area contributed by atoms with Gasteiger partial charge < -0.3 is 10.3 Å². The summed E-state index contributed by atoms with van der Waals surface area (Å²) in [5.74, 6) is 0.888. The van der Waals surface area contributed by atoms with E-state index in [1.807, 2.05) is 54.1 Å². The molecule has 3 aromatic rings. The van der Waals surface area contributed by atoms with Crippen molar-refractivity contribution in [3.05, 3.63) is 47.5 Å². The molecule has 3 rings (SSSR count). The van der Waals surface area contributed by atoms with E-state index in [0.29, 0.717) is 5.69 Å². The molecule has 0 amide bonds. The summed E-state index contributed by atoms with van der Waals surface area (Å²) in [6, 6.07) is 13.4. The summed E-state index contributed by atoms with van der Waals surface area (Å²) in [7, 11) is 1.98. The SMILES string of the molecule is Cn1c(-c2ccc(Cl)cc2)nc2c(N)cccc21. The maximum absolute atomic E-state index is 5.94. The summed E-state index contributed by atoms with van der Waals surface area (Å²) in [5.41, 5.74) is 9.53. The predicted octanol–water partition coefficient (Wildman–Crippen LogP) is 3.48. The average Bonchev–Trinajstić information content (AvgIpc) is 2.70. The number of rotatable bonds is 1. The Bertz CT molecular complexity index is 714. The molecule has 0 atom stereocenters. The molecule has 0 aliphatic rings. The topological polar surface area (TPSA) is 43.8 Å². The summed E-state index contributed by atoms with van der Waals surface area (Å²) in [6.07, 6.45) is 0. The van der Waals surface area contributed by atoms with Crippen LogP contribution in [0.5, 0.6) is 0 Å². The quantitative estimate of drug-likeness (QED) is 0.679. The molecule has 0 aliphatic heterocycles. The smallest absolute Gasteiger partial charge is 0.140 e. The number of nitrogens with zero attached hydrogens (tertiary/aromatic N) is 2. The lowest BCUT2D eigenvalue weighted by Gasteiger charge is -2.02. The van der Waals surface area contributed by atoms with Gasteiger partial charge in [0, 0.05) is 17.6 Å². The molecule has 2 aromatic carbocycles. The Hall–Kier alpha value is -2.00. The van der Waals surface area contributed by atoms with Crippen LogP contribution < -0.4 is 5.73 Å². The van der Waals surface area contributed by atoms with E-state index in [1.54, 1.807) is 0 Å². The fourth-order valence-corrected chi connectivity index (χ4v) is 2.22. The van der Waals surface area contributed by atoms with Gasteiger partial charge in [-0.05, 0) is 36.4 Å². The minimum atomic E-state index is 0.698. The number of nitrogens with two attached hydrogens (primary N) is 1. The van der Waals surface area contributed by atoms with Gasteiger partial charge in [-0.1, -0.05) is 17.7 Å². The minimum Gasteiger partial charge on any atom is -0.397 e.